The van der Waals surface area contributed by atoms with Crippen molar-refractivity contribution in [2.24, 2.45) is 17.8 Å². The molecule has 0 aromatic carbocycles. The van der Waals surface area contributed by atoms with E-state index < -0.39 is 5.60 Å². The van der Waals surface area contributed by atoms with Crippen LogP contribution in [0, 0.1) is 17.8 Å². The minimum absolute atomic E-state index is 0.0781. The molecular formula is C21H30N4O3. The maximum atomic E-state index is 13.1. The van der Waals surface area contributed by atoms with Crippen molar-refractivity contribution in [1.29, 1.82) is 0 Å². The Labute approximate surface area is 165 Å². The van der Waals surface area contributed by atoms with Crippen molar-refractivity contribution in [3.05, 3.63) is 11.8 Å². The summed E-state index contributed by atoms with van der Waals surface area (Å²) in [6.45, 7) is 3.85. The third-order valence-electron chi connectivity index (χ3n) is 6.79. The first-order chi connectivity index (χ1) is 13.4. The monoisotopic (exact) mass is 386 g/mol. The number of hydrogen-bond acceptors (Lipinski definition) is 6. The van der Waals surface area contributed by atoms with E-state index in [4.69, 9.17) is 4.74 Å². The average molecular weight is 386 g/mol. The van der Waals surface area contributed by atoms with E-state index >= 15 is 0 Å². The molecular weight excluding hydrogens is 356 g/mol. The van der Waals surface area contributed by atoms with Crippen LogP contribution in [0.2, 0.25) is 0 Å². The third-order valence-corrected chi connectivity index (χ3v) is 6.79. The van der Waals surface area contributed by atoms with E-state index in [1.807, 2.05) is 13.8 Å². The van der Waals surface area contributed by atoms with Gasteiger partial charge in [-0.05, 0) is 76.5 Å². The molecule has 7 nitrogen and oxygen atoms in total. The van der Waals surface area contributed by atoms with Crippen molar-refractivity contribution in [2.75, 3.05) is 5.32 Å². The highest BCUT2D eigenvalue weighted by Crippen LogP contribution is 2.55. The molecule has 5 aliphatic carbocycles. The lowest BCUT2D eigenvalue weighted by Crippen LogP contribution is -2.61. The second-order valence-electron chi connectivity index (χ2n) is 9.69. The highest BCUT2D eigenvalue weighted by atomic mass is 16.5. The predicted octanol–water partition coefficient (Wildman–Crippen LogP) is 2.51. The summed E-state index contributed by atoms with van der Waals surface area (Å²) in [6.07, 6.45) is 8.53. The van der Waals surface area contributed by atoms with Gasteiger partial charge in [0.25, 0.3) is 5.91 Å². The molecule has 152 valence electrons. The van der Waals surface area contributed by atoms with Crippen LogP contribution in [0.1, 0.15) is 69.2 Å². The smallest absolute Gasteiger partial charge is 0.258 e. The van der Waals surface area contributed by atoms with Crippen LogP contribution in [0.15, 0.2) is 6.20 Å². The van der Waals surface area contributed by atoms with Crippen LogP contribution in [0.25, 0.3) is 0 Å². The zero-order valence-corrected chi connectivity index (χ0v) is 16.6. The molecule has 4 bridgehead atoms. The molecule has 0 radical (unpaired) electrons. The SMILES string of the molecule is CC(C)Oc1nc(NC2CC2)ncc1C(=O)N[C@H]1C2CC3CC1C[C@@](O)(C3)C2. The van der Waals surface area contributed by atoms with Gasteiger partial charge in [-0.15, -0.1) is 0 Å². The van der Waals surface area contributed by atoms with Gasteiger partial charge in [-0.1, -0.05) is 0 Å². The Balaban J connectivity index is 1.34. The van der Waals surface area contributed by atoms with E-state index in [0.717, 1.165) is 44.9 Å². The summed E-state index contributed by atoms with van der Waals surface area (Å²) in [5.74, 6) is 2.04. The van der Waals surface area contributed by atoms with Crippen LogP contribution in [-0.2, 0) is 0 Å². The summed E-state index contributed by atoms with van der Waals surface area (Å²) in [5.41, 5.74) is -0.106. The first-order valence-electron chi connectivity index (χ1n) is 10.7. The molecule has 2 atom stereocenters. The zero-order chi connectivity index (χ0) is 19.5. The Morgan fingerprint density at radius 1 is 1.25 bits per heavy atom. The summed E-state index contributed by atoms with van der Waals surface area (Å²) in [7, 11) is 0. The van der Waals surface area contributed by atoms with E-state index in [2.05, 4.69) is 20.6 Å². The van der Waals surface area contributed by atoms with Gasteiger partial charge in [0.1, 0.15) is 5.56 Å². The van der Waals surface area contributed by atoms with Gasteiger partial charge >= 0.3 is 0 Å². The fourth-order valence-electron chi connectivity index (χ4n) is 5.76. The lowest BCUT2D eigenvalue weighted by atomic mass is 9.52. The molecule has 28 heavy (non-hydrogen) atoms. The van der Waals surface area contributed by atoms with Crippen molar-refractivity contribution >= 4 is 11.9 Å². The molecule has 1 aromatic rings. The molecule has 1 aromatic heterocycles. The van der Waals surface area contributed by atoms with E-state index in [0.29, 0.717) is 41.2 Å². The first kappa shape index (κ1) is 18.2. The molecule has 0 aliphatic heterocycles. The largest absolute Gasteiger partial charge is 0.474 e. The molecule has 5 fully saturated rings. The Morgan fingerprint density at radius 3 is 2.57 bits per heavy atom. The molecule has 2 unspecified atom stereocenters. The predicted molar refractivity (Wildman–Crippen MR) is 104 cm³/mol. The normalized spacial score (nSPS) is 35.9. The number of nitrogens with zero attached hydrogens (tertiary/aromatic N) is 2. The minimum atomic E-state index is -0.497. The first-order valence-corrected chi connectivity index (χ1v) is 10.7. The van der Waals surface area contributed by atoms with E-state index in [1.165, 1.54) is 0 Å². The molecule has 1 heterocycles. The fourth-order valence-corrected chi connectivity index (χ4v) is 5.76. The van der Waals surface area contributed by atoms with Crippen molar-refractivity contribution < 1.29 is 14.6 Å². The standard InChI is InChI=1S/C21H30N4O3/c1-11(2)28-19-16(10-22-20(25-19)23-15-3-4-15)18(26)24-17-13-5-12-6-14(17)9-21(27,7-12)8-13/h10-15,17,27H,3-9H2,1-2H3,(H,24,26)(H,22,23,25)/t12?,13?,14?,17-,21+. The number of aliphatic hydroxyl groups is 1. The number of anilines is 1. The van der Waals surface area contributed by atoms with Crippen molar-refractivity contribution in [1.82, 2.24) is 15.3 Å². The molecule has 0 saturated heterocycles. The summed E-state index contributed by atoms with van der Waals surface area (Å²) in [5, 5.41) is 17.3. The summed E-state index contributed by atoms with van der Waals surface area (Å²) >= 11 is 0. The van der Waals surface area contributed by atoms with E-state index in [-0.39, 0.29) is 18.1 Å². The van der Waals surface area contributed by atoms with Crippen LogP contribution < -0.4 is 15.4 Å². The summed E-state index contributed by atoms with van der Waals surface area (Å²) in [6, 6.07) is 0.561. The van der Waals surface area contributed by atoms with Gasteiger partial charge in [0.15, 0.2) is 0 Å². The van der Waals surface area contributed by atoms with Gasteiger partial charge in [-0.2, -0.15) is 4.98 Å². The number of aromatic nitrogens is 2. The van der Waals surface area contributed by atoms with Gasteiger partial charge in [0.05, 0.1) is 11.7 Å². The number of amides is 1. The quantitative estimate of drug-likeness (QED) is 0.695. The van der Waals surface area contributed by atoms with Crippen molar-refractivity contribution in [3.63, 3.8) is 0 Å². The Hall–Kier alpha value is -1.89. The van der Waals surface area contributed by atoms with Crippen LogP contribution in [0.3, 0.4) is 0 Å². The minimum Gasteiger partial charge on any atom is -0.474 e. The van der Waals surface area contributed by atoms with Crippen LogP contribution >= 0.6 is 0 Å². The number of hydrogen-bond donors (Lipinski definition) is 3. The van der Waals surface area contributed by atoms with Crippen molar-refractivity contribution in [3.8, 4) is 5.88 Å². The third kappa shape index (κ3) is 3.45. The lowest BCUT2D eigenvalue weighted by molar-refractivity contribution is -0.136. The molecule has 7 heteroatoms. The molecule has 1 amide bonds. The summed E-state index contributed by atoms with van der Waals surface area (Å²) < 4.78 is 5.84. The number of carbonyl (C=O) groups excluding carboxylic acids is 1. The highest BCUT2D eigenvalue weighted by molar-refractivity contribution is 5.96. The van der Waals surface area contributed by atoms with E-state index in [9.17, 15) is 9.90 Å². The van der Waals surface area contributed by atoms with Gasteiger partial charge in [-0.25, -0.2) is 4.98 Å². The Morgan fingerprint density at radius 2 is 1.96 bits per heavy atom. The lowest BCUT2D eigenvalue weighted by Gasteiger charge is -2.58. The molecule has 5 saturated carbocycles. The Bertz CT molecular complexity index is 763. The fraction of sp³-hybridized carbons (Fsp3) is 0.762. The average Bonchev–Trinajstić information content (AvgIpc) is 3.40. The van der Waals surface area contributed by atoms with Gasteiger partial charge in [0.2, 0.25) is 11.8 Å². The second kappa shape index (κ2) is 6.58. The highest BCUT2D eigenvalue weighted by Gasteiger charge is 2.55. The number of nitrogens with one attached hydrogen (secondary N) is 2. The molecule has 6 rings (SSSR count). The zero-order valence-electron chi connectivity index (χ0n) is 16.6. The topological polar surface area (TPSA) is 96.4 Å². The summed E-state index contributed by atoms with van der Waals surface area (Å²) in [4.78, 5) is 21.9. The van der Waals surface area contributed by atoms with Crippen LogP contribution in [0.5, 0.6) is 5.88 Å². The van der Waals surface area contributed by atoms with Crippen LogP contribution in [-0.4, -0.2) is 44.8 Å². The number of ether oxygens (including phenoxy) is 1. The maximum absolute atomic E-state index is 13.1. The van der Waals surface area contributed by atoms with Crippen molar-refractivity contribution in [2.45, 2.75) is 82.6 Å². The van der Waals surface area contributed by atoms with Crippen LogP contribution in [0.4, 0.5) is 5.95 Å². The Kier molecular flexibility index (Phi) is 4.27. The van der Waals surface area contributed by atoms with E-state index in [1.54, 1.807) is 6.20 Å². The van der Waals surface area contributed by atoms with Gasteiger partial charge in [-0.3, -0.25) is 4.79 Å². The maximum Gasteiger partial charge on any atom is 0.258 e. The number of carbonyl (C=O) groups is 1. The van der Waals surface area contributed by atoms with Gasteiger partial charge in [0, 0.05) is 18.3 Å². The molecule has 3 N–H and O–H groups in total. The molecule has 0 spiro atoms. The van der Waals surface area contributed by atoms with Gasteiger partial charge < -0.3 is 20.5 Å². The molecule has 5 aliphatic rings. The number of rotatable bonds is 6. The second-order valence-corrected chi connectivity index (χ2v) is 9.69.